The number of aromatic nitrogens is 5. The second-order valence-corrected chi connectivity index (χ2v) is 8.96. The minimum Gasteiger partial charge on any atom is -0.335 e. The number of hydrogen-bond acceptors (Lipinski definition) is 6. The molecule has 0 unspecified atom stereocenters. The van der Waals surface area contributed by atoms with Crippen LogP contribution in [0.3, 0.4) is 0 Å². The number of imidazole rings is 1. The molecule has 5 aromatic rings. The number of pyridine rings is 1. The number of Topliss-reactive ketones (excluding diaryl/α,β-unsaturated/α-hetero) is 1. The molecule has 4 aromatic heterocycles. The number of fused-ring (bicyclic) bond motifs is 2. The van der Waals surface area contributed by atoms with Crippen molar-refractivity contribution in [3.8, 4) is 22.0 Å². The summed E-state index contributed by atoms with van der Waals surface area (Å²) in [5, 5.41) is 12.1. The van der Waals surface area contributed by atoms with Crippen LogP contribution in [0.1, 0.15) is 28.6 Å². The molecule has 5 heterocycles. The van der Waals surface area contributed by atoms with Gasteiger partial charge in [-0.25, -0.2) is 9.97 Å². The molecule has 1 aliphatic heterocycles. The molecule has 8 heteroatoms. The van der Waals surface area contributed by atoms with Gasteiger partial charge in [0.15, 0.2) is 17.3 Å². The van der Waals surface area contributed by atoms with Crippen LogP contribution >= 0.6 is 11.3 Å². The Balaban J connectivity index is 1.47. The van der Waals surface area contributed by atoms with Crippen molar-refractivity contribution in [2.45, 2.75) is 13.3 Å². The van der Waals surface area contributed by atoms with E-state index in [2.05, 4.69) is 49.8 Å². The Labute approximate surface area is 187 Å². The smallest absolute Gasteiger partial charge is 0.178 e. The molecule has 0 atom stereocenters. The van der Waals surface area contributed by atoms with Gasteiger partial charge in [-0.05, 0) is 61.4 Å². The van der Waals surface area contributed by atoms with Gasteiger partial charge < -0.3 is 10.3 Å². The van der Waals surface area contributed by atoms with Crippen molar-refractivity contribution < 1.29 is 4.79 Å². The van der Waals surface area contributed by atoms with E-state index < -0.39 is 0 Å². The number of aromatic amines is 2. The van der Waals surface area contributed by atoms with Crippen LogP contribution in [0, 0.1) is 0 Å². The SMILES string of the molecule is CC(=O)c1ccc(-c2ccnc3nc(-c4n[nH]c5ccc(C6=CCNCC6)cc45)[nH]c23)s1. The van der Waals surface area contributed by atoms with Gasteiger partial charge >= 0.3 is 0 Å². The van der Waals surface area contributed by atoms with E-state index in [0.29, 0.717) is 11.5 Å². The summed E-state index contributed by atoms with van der Waals surface area (Å²) >= 11 is 1.48. The molecule has 0 aliphatic carbocycles. The average Bonchev–Trinajstić information content (AvgIpc) is 3.56. The molecular formula is C24H20N6OS. The molecule has 32 heavy (non-hydrogen) atoms. The van der Waals surface area contributed by atoms with Gasteiger partial charge in [-0.1, -0.05) is 12.1 Å². The monoisotopic (exact) mass is 440 g/mol. The molecule has 0 bridgehead atoms. The normalized spacial score (nSPS) is 14.2. The highest BCUT2D eigenvalue weighted by Gasteiger charge is 2.18. The minimum atomic E-state index is 0.0690. The second kappa shape index (κ2) is 7.51. The Hall–Kier alpha value is -3.62. The molecule has 6 rings (SSSR count). The predicted molar refractivity (Wildman–Crippen MR) is 128 cm³/mol. The summed E-state index contributed by atoms with van der Waals surface area (Å²) in [5.74, 6) is 0.741. The van der Waals surface area contributed by atoms with Gasteiger partial charge in [0.1, 0.15) is 5.69 Å². The molecular weight excluding hydrogens is 420 g/mol. The minimum absolute atomic E-state index is 0.0690. The maximum absolute atomic E-state index is 11.7. The first-order chi connectivity index (χ1) is 15.7. The highest BCUT2D eigenvalue weighted by molar-refractivity contribution is 7.17. The fourth-order valence-corrected chi connectivity index (χ4v) is 5.11. The summed E-state index contributed by atoms with van der Waals surface area (Å²) in [6.07, 6.45) is 5.01. The second-order valence-electron chi connectivity index (χ2n) is 7.88. The number of nitrogens with zero attached hydrogens (tertiary/aromatic N) is 3. The summed E-state index contributed by atoms with van der Waals surface area (Å²) in [6.45, 7) is 3.48. The van der Waals surface area contributed by atoms with Crippen molar-refractivity contribution in [3.05, 3.63) is 59.1 Å². The van der Waals surface area contributed by atoms with Gasteiger partial charge in [-0.2, -0.15) is 5.10 Å². The van der Waals surface area contributed by atoms with Crippen molar-refractivity contribution in [1.82, 2.24) is 30.5 Å². The van der Waals surface area contributed by atoms with Crippen LogP contribution in [0.5, 0.6) is 0 Å². The van der Waals surface area contributed by atoms with E-state index >= 15 is 0 Å². The van der Waals surface area contributed by atoms with Crippen LogP contribution in [0.25, 0.3) is 49.6 Å². The van der Waals surface area contributed by atoms with E-state index in [-0.39, 0.29) is 5.78 Å². The van der Waals surface area contributed by atoms with Gasteiger partial charge in [0.2, 0.25) is 0 Å². The standard InChI is InChI=1S/C24H20N6OS/c1-13(31)19-4-5-20(32-19)16-8-11-26-23-21(16)27-24(28-23)22-17-12-15(2-3-18(17)29-30-22)14-6-9-25-10-7-14/h2-6,8,11-12,25H,7,9-10H2,1H3,(H,29,30)(H,26,27,28). The van der Waals surface area contributed by atoms with Gasteiger partial charge in [0.05, 0.1) is 15.9 Å². The number of carbonyl (C=O) groups excluding carboxylic acids is 1. The molecule has 3 N–H and O–H groups in total. The Kier molecular flexibility index (Phi) is 4.48. The zero-order valence-corrected chi connectivity index (χ0v) is 18.2. The summed E-state index contributed by atoms with van der Waals surface area (Å²) in [6, 6.07) is 12.2. The highest BCUT2D eigenvalue weighted by atomic mass is 32.1. The number of carbonyl (C=O) groups is 1. The molecule has 0 fully saturated rings. The molecule has 0 saturated heterocycles. The first-order valence-electron chi connectivity index (χ1n) is 10.5. The Morgan fingerprint density at radius 3 is 2.91 bits per heavy atom. The fraction of sp³-hybridized carbons (Fsp3) is 0.167. The summed E-state index contributed by atoms with van der Waals surface area (Å²) in [5.41, 5.74) is 6.76. The first-order valence-corrected chi connectivity index (χ1v) is 11.3. The average molecular weight is 441 g/mol. The predicted octanol–water partition coefficient (Wildman–Crippen LogP) is 4.81. The van der Waals surface area contributed by atoms with Crippen molar-refractivity contribution in [2.75, 3.05) is 13.1 Å². The van der Waals surface area contributed by atoms with E-state index in [0.717, 1.165) is 56.9 Å². The van der Waals surface area contributed by atoms with Crippen LogP contribution in [0.15, 0.2) is 48.7 Å². The Morgan fingerprint density at radius 1 is 1.16 bits per heavy atom. The third kappa shape index (κ3) is 3.16. The zero-order valence-electron chi connectivity index (χ0n) is 17.4. The van der Waals surface area contributed by atoms with Crippen LogP contribution in [0.4, 0.5) is 0 Å². The molecule has 0 amide bonds. The Morgan fingerprint density at radius 2 is 2.09 bits per heavy atom. The third-order valence-corrected chi connectivity index (χ3v) is 7.05. The van der Waals surface area contributed by atoms with Crippen LogP contribution in [0.2, 0.25) is 0 Å². The topological polar surface area (TPSA) is 99.3 Å². The van der Waals surface area contributed by atoms with Crippen LogP contribution in [-0.2, 0) is 0 Å². The summed E-state index contributed by atoms with van der Waals surface area (Å²) < 4.78 is 0. The summed E-state index contributed by atoms with van der Waals surface area (Å²) in [7, 11) is 0. The quantitative estimate of drug-likeness (QED) is 0.348. The van der Waals surface area contributed by atoms with Crippen LogP contribution in [-0.4, -0.2) is 44.0 Å². The van der Waals surface area contributed by atoms with Crippen molar-refractivity contribution in [2.24, 2.45) is 0 Å². The number of thiophene rings is 1. The molecule has 0 saturated carbocycles. The number of rotatable bonds is 4. The molecule has 7 nitrogen and oxygen atoms in total. The summed E-state index contributed by atoms with van der Waals surface area (Å²) in [4.78, 5) is 26.1. The lowest BCUT2D eigenvalue weighted by Gasteiger charge is -2.14. The van der Waals surface area contributed by atoms with Gasteiger partial charge in [0.25, 0.3) is 0 Å². The molecule has 158 valence electrons. The number of hydrogen-bond donors (Lipinski definition) is 3. The van der Waals surface area contributed by atoms with Crippen molar-refractivity contribution in [3.63, 3.8) is 0 Å². The van der Waals surface area contributed by atoms with Gasteiger partial charge in [-0.3, -0.25) is 9.89 Å². The van der Waals surface area contributed by atoms with Crippen molar-refractivity contribution in [1.29, 1.82) is 0 Å². The lowest BCUT2D eigenvalue weighted by Crippen LogP contribution is -2.19. The van der Waals surface area contributed by atoms with Gasteiger partial charge in [-0.15, -0.1) is 11.3 Å². The molecule has 0 spiro atoms. The first kappa shape index (κ1) is 19.1. The molecule has 1 aliphatic rings. The number of benzene rings is 1. The van der Waals surface area contributed by atoms with Crippen molar-refractivity contribution >= 4 is 44.8 Å². The van der Waals surface area contributed by atoms with Crippen LogP contribution < -0.4 is 5.32 Å². The maximum Gasteiger partial charge on any atom is 0.178 e. The highest BCUT2D eigenvalue weighted by Crippen LogP contribution is 2.35. The third-order valence-electron chi connectivity index (χ3n) is 5.83. The number of ketones is 1. The largest absolute Gasteiger partial charge is 0.335 e. The lowest BCUT2D eigenvalue weighted by atomic mass is 9.98. The molecule has 1 aromatic carbocycles. The van der Waals surface area contributed by atoms with E-state index in [1.807, 2.05) is 18.2 Å². The van der Waals surface area contributed by atoms with E-state index in [9.17, 15) is 4.79 Å². The Bertz CT molecular complexity index is 1520. The van der Waals surface area contributed by atoms with E-state index in [1.165, 1.54) is 22.5 Å². The number of nitrogens with one attached hydrogen (secondary N) is 3. The van der Waals surface area contributed by atoms with Gasteiger partial charge in [0, 0.05) is 28.6 Å². The van der Waals surface area contributed by atoms with E-state index in [4.69, 9.17) is 4.98 Å². The lowest BCUT2D eigenvalue weighted by molar-refractivity contribution is 0.102. The fourth-order valence-electron chi connectivity index (χ4n) is 4.18. The zero-order chi connectivity index (χ0) is 21.7. The molecule has 0 radical (unpaired) electrons. The van der Waals surface area contributed by atoms with E-state index in [1.54, 1.807) is 13.1 Å². The number of H-pyrrole nitrogens is 2. The maximum atomic E-state index is 11.7.